The predicted octanol–water partition coefficient (Wildman–Crippen LogP) is 19.5. The van der Waals surface area contributed by atoms with Crippen molar-refractivity contribution < 1.29 is 38.1 Å². The van der Waals surface area contributed by atoms with Crippen LogP contribution in [-0.4, -0.2) is 114 Å². The molecule has 15 aromatic carbocycles. The molecule has 2 spiro atoms. The van der Waals surface area contributed by atoms with Crippen LogP contribution in [0.5, 0.6) is 0 Å². The van der Waals surface area contributed by atoms with Crippen molar-refractivity contribution in [2.75, 3.05) is 74.4 Å². The fraction of sp³-hybridized carbons (Fsp3) is 0.376. The largest absolute Gasteiger partial charge is 0.469 e. The van der Waals surface area contributed by atoms with Gasteiger partial charge in [-0.05, 0) is 246 Å². The van der Waals surface area contributed by atoms with Gasteiger partial charge in [-0.2, -0.15) is 0 Å². The zero-order valence-corrected chi connectivity index (χ0v) is 56.4. The summed E-state index contributed by atoms with van der Waals surface area (Å²) >= 11 is 0. The monoisotopic (exact) mass is 1270 g/mol. The lowest BCUT2D eigenvalue weighted by Gasteiger charge is -2.32. The van der Waals surface area contributed by atoms with Gasteiger partial charge in [-0.25, -0.2) is 0 Å². The fourth-order valence-electron chi connectivity index (χ4n) is 19.1. The van der Waals surface area contributed by atoms with Gasteiger partial charge in [-0.15, -0.1) is 0 Å². The van der Waals surface area contributed by atoms with E-state index in [1.807, 2.05) is 18.2 Å². The molecule has 20 rings (SSSR count). The van der Waals surface area contributed by atoms with E-state index in [2.05, 4.69) is 166 Å². The number of carbonyl (C=O) groups is 3. The second-order valence-electron chi connectivity index (χ2n) is 27.9. The first-order chi connectivity index (χ1) is 44.9. The van der Waals surface area contributed by atoms with E-state index in [4.69, 9.17) is 18.9 Å². The summed E-state index contributed by atoms with van der Waals surface area (Å²) in [6.45, 7) is 25.3. The number of nitrogens with zero attached hydrogens (tertiary/aromatic N) is 2. The molecule has 2 unspecified atom stereocenters. The average molecular weight is 1270 g/mol. The van der Waals surface area contributed by atoms with Gasteiger partial charge >= 0.3 is 17.9 Å². The van der Waals surface area contributed by atoms with E-state index in [0.717, 1.165) is 45.7 Å². The highest BCUT2D eigenvalue weighted by Gasteiger charge is 2.89. The van der Waals surface area contributed by atoms with E-state index in [1.54, 1.807) is 71.5 Å². The van der Waals surface area contributed by atoms with Crippen molar-refractivity contribution in [2.45, 2.75) is 132 Å². The molecule has 10 heteroatoms. The summed E-state index contributed by atoms with van der Waals surface area (Å²) in [6.07, 6.45) is 12.6. The first kappa shape index (κ1) is 65.4. The molecular weight excluding hydrogens is 1180 g/mol. The van der Waals surface area contributed by atoms with E-state index in [1.165, 1.54) is 140 Å². The first-order valence-corrected chi connectivity index (χ1v) is 33.8. The fourth-order valence-corrected chi connectivity index (χ4v) is 19.1. The number of morpholine rings is 1. The lowest BCUT2D eigenvalue weighted by Crippen LogP contribution is -2.36. The van der Waals surface area contributed by atoms with Crippen LogP contribution in [0.3, 0.4) is 0 Å². The Kier molecular flexibility index (Phi) is 16.2. The molecular formula is C85H92N2O8. The Balaban J connectivity index is 0.000000164. The quantitative estimate of drug-likeness (QED) is 0.0508. The zero-order valence-electron chi connectivity index (χ0n) is 56.4. The molecule has 1 aliphatic heterocycles. The Labute approximate surface area is 558 Å². The number of rotatable bonds is 12. The number of methoxy groups -OCH3 is 2. The van der Waals surface area contributed by atoms with Crippen molar-refractivity contribution in [3.8, 4) is 0 Å². The van der Waals surface area contributed by atoms with Crippen LogP contribution in [-0.2, 0) is 54.3 Å². The summed E-state index contributed by atoms with van der Waals surface area (Å²) in [5.74, 6) is -1.21. The number of likely N-dealkylation sites (N-methyl/N-ethyl adjacent to an activating group) is 1. The molecule has 0 bridgehead atoms. The first-order valence-electron chi connectivity index (χ1n) is 33.8. The van der Waals surface area contributed by atoms with E-state index < -0.39 is 17.4 Å². The van der Waals surface area contributed by atoms with Crippen molar-refractivity contribution in [2.24, 2.45) is 5.41 Å². The van der Waals surface area contributed by atoms with Crippen LogP contribution in [0.2, 0.25) is 0 Å². The van der Waals surface area contributed by atoms with Gasteiger partial charge in [0, 0.05) is 62.1 Å². The number of hydrogen-bond donors (Lipinski definition) is 0. The Hall–Kier alpha value is -8.25. The molecule has 95 heavy (non-hydrogen) atoms. The Bertz CT molecular complexity index is 5030. The Morgan fingerprint density at radius 3 is 1.24 bits per heavy atom. The third-order valence-electron chi connectivity index (χ3n) is 22.4. The van der Waals surface area contributed by atoms with Crippen molar-refractivity contribution >= 4 is 159 Å². The molecule has 1 heterocycles. The molecule has 0 amide bonds. The average Bonchev–Trinajstić information content (AvgIpc) is 1.39. The van der Waals surface area contributed by atoms with E-state index >= 15 is 0 Å². The minimum Gasteiger partial charge on any atom is -0.469 e. The molecule has 2 fully saturated rings. The second-order valence-corrected chi connectivity index (χ2v) is 27.9. The summed E-state index contributed by atoms with van der Waals surface area (Å²) in [5, 5.41) is 35.9. The summed E-state index contributed by atoms with van der Waals surface area (Å²) in [7, 11) is 6.89. The molecule has 0 aromatic heterocycles. The molecule has 1 saturated heterocycles. The highest BCUT2D eigenvalue weighted by Crippen LogP contribution is 2.90. The predicted molar refractivity (Wildman–Crippen MR) is 399 cm³/mol. The number of hydrogen-bond acceptors (Lipinski definition) is 10. The number of esters is 3. The van der Waals surface area contributed by atoms with Crippen LogP contribution in [0.15, 0.2) is 109 Å². The molecule has 5 aliphatic rings. The topological polar surface area (TPSA) is 104 Å². The SMILES string of the molecule is C.C.CCN(C(C)C)C(C)C.CCOC(=O)C(C)(C)C(=O)OCC.CN1CCOCC1.COC.COC(=O)CCCC1(c2ccccc2)C23C=Cc4c5ccc6c7ccc8c9ccc%10c%11c%12c(c%13c2c4c2c5c6c4c7c8c5c9c%10c%12c6c%13c2c4c65)C31C=C%11.Cc1ccccc1. The van der Waals surface area contributed by atoms with Gasteiger partial charge in [0.25, 0.3) is 0 Å². The maximum Gasteiger partial charge on any atom is 0.322 e. The minimum atomic E-state index is -1.20. The zero-order chi connectivity index (χ0) is 65.1. The lowest BCUT2D eigenvalue weighted by molar-refractivity contribution is -0.169. The van der Waals surface area contributed by atoms with Crippen LogP contribution in [0.25, 0.3) is 141 Å². The van der Waals surface area contributed by atoms with Crippen LogP contribution >= 0.6 is 0 Å². The third-order valence-corrected chi connectivity index (χ3v) is 22.4. The number of fused-ring (bicyclic) bond motifs is 4. The van der Waals surface area contributed by atoms with Crippen molar-refractivity contribution in [1.29, 1.82) is 0 Å². The molecule has 2 atom stereocenters. The van der Waals surface area contributed by atoms with Gasteiger partial charge in [-0.3, -0.25) is 19.3 Å². The summed E-state index contributed by atoms with van der Waals surface area (Å²) < 4.78 is 24.1. The number of carbonyl (C=O) groups excluding carboxylic acids is 3. The summed E-state index contributed by atoms with van der Waals surface area (Å²) in [6, 6.07) is 37.8. The second kappa shape index (κ2) is 23.5. The van der Waals surface area contributed by atoms with E-state index in [0.29, 0.717) is 18.5 Å². The number of ether oxygens (including phenoxy) is 5. The molecule has 0 N–H and O–H groups in total. The number of benzene rings is 10. The third kappa shape index (κ3) is 8.20. The molecule has 1 saturated carbocycles. The highest BCUT2D eigenvalue weighted by atomic mass is 16.6. The summed E-state index contributed by atoms with van der Waals surface area (Å²) in [5.41, 5.74) is 6.75. The normalized spacial score (nSPS) is 19.2. The van der Waals surface area contributed by atoms with Gasteiger partial charge in [0.15, 0.2) is 5.41 Å². The van der Waals surface area contributed by atoms with Crippen LogP contribution in [0.1, 0.15) is 130 Å². The van der Waals surface area contributed by atoms with Gasteiger partial charge < -0.3 is 28.6 Å². The molecule has 0 radical (unpaired) electrons. The minimum absolute atomic E-state index is 0. The molecule has 4 aliphatic carbocycles. The van der Waals surface area contributed by atoms with Crippen LogP contribution < -0.4 is 0 Å². The Morgan fingerprint density at radius 1 is 0.537 bits per heavy atom. The number of aryl methyl sites for hydroxylation is 1. The smallest absolute Gasteiger partial charge is 0.322 e. The van der Waals surface area contributed by atoms with Crippen LogP contribution in [0.4, 0.5) is 0 Å². The molecule has 15 aromatic rings. The molecule has 490 valence electrons. The van der Waals surface area contributed by atoms with E-state index in [-0.39, 0.29) is 50.3 Å². The maximum absolute atomic E-state index is 12.8. The van der Waals surface area contributed by atoms with E-state index in [9.17, 15) is 14.4 Å². The standard InChI is InChI=1S/C52H24O2.C9H16O4.C8H19N.C7H8.C5H11NO.C2H6O.2CH4/c1-54-29(53)8-5-17-50(20-6-3-2-4-7-20)51-18-15-27-25-13-11-23-21-9-10-22-24-12-14-26-28-16-19-52(50,51)49-37(28)41-35(26)33(24)39-31(22)30(21)38-32(23)34(25)40-36(27)48(51)47(49)46-44(40)42(38)43(39)45(41)46;1-5-12-7(10)9(3,4)8(11)13-6-2;1-6-9(7(2)3)8(4)5;1-7-5-3-2-4-6-7;1-6-2-4-7-5-3-6;1-3-2;;/h2-4,6-7,9-16,18-19H,5,8,17H2,1H3;5-6H2,1-4H3;7-8H,6H2,1-5H3;2-6H,1H3;2-5H2,1H3;1-2H3;2*1H4. The van der Waals surface area contributed by atoms with Gasteiger partial charge in [0.05, 0.1) is 33.5 Å². The number of allylic oxidation sites excluding steroid dienone is 2. The van der Waals surface area contributed by atoms with Gasteiger partial charge in [-0.1, -0.05) is 149 Å². The lowest BCUT2D eigenvalue weighted by atomic mass is 9.70. The van der Waals surface area contributed by atoms with Crippen molar-refractivity contribution in [1.82, 2.24) is 9.80 Å². The van der Waals surface area contributed by atoms with Gasteiger partial charge in [0.1, 0.15) is 0 Å². The summed E-state index contributed by atoms with van der Waals surface area (Å²) in [4.78, 5) is 40.0. The highest BCUT2D eigenvalue weighted by molar-refractivity contribution is 6.66. The maximum atomic E-state index is 12.8. The van der Waals surface area contributed by atoms with Crippen molar-refractivity contribution in [3.63, 3.8) is 0 Å². The van der Waals surface area contributed by atoms with Crippen LogP contribution in [0, 0.1) is 12.3 Å². The van der Waals surface area contributed by atoms with Crippen molar-refractivity contribution in [3.05, 3.63) is 143 Å². The Morgan fingerprint density at radius 2 is 0.905 bits per heavy atom. The molecule has 10 nitrogen and oxygen atoms in total. The van der Waals surface area contributed by atoms with Gasteiger partial charge in [0.2, 0.25) is 0 Å².